The Morgan fingerprint density at radius 3 is 1.92 bits per heavy atom. The third-order valence-corrected chi connectivity index (χ3v) is 3.86. The van der Waals surface area contributed by atoms with Gasteiger partial charge in [-0.3, -0.25) is 0 Å². The summed E-state index contributed by atoms with van der Waals surface area (Å²) >= 11 is 5.95. The maximum atomic E-state index is 12.4. The van der Waals surface area contributed by atoms with E-state index in [2.05, 4.69) is 10.6 Å². The molecular weight excluding hydrogens is 320 g/mol. The number of hydrogen-bond acceptors (Lipinski definition) is 1. The predicted molar refractivity (Wildman–Crippen MR) is 98.3 cm³/mol. The van der Waals surface area contributed by atoms with Crippen molar-refractivity contribution in [2.24, 2.45) is 0 Å². The first-order valence-electron chi connectivity index (χ1n) is 7.65. The minimum absolute atomic E-state index is 0.230. The zero-order chi connectivity index (χ0) is 16.8. The molecule has 0 heterocycles. The van der Waals surface area contributed by atoms with Crippen LogP contribution in [0.25, 0.3) is 0 Å². The molecule has 0 aliphatic rings. The molecule has 0 radical (unpaired) electrons. The van der Waals surface area contributed by atoms with Crippen LogP contribution in [0.4, 0.5) is 10.5 Å². The third-order valence-electron chi connectivity index (χ3n) is 3.62. The molecule has 0 fully saturated rings. The smallest absolute Gasteiger partial charge is 0.319 e. The molecule has 0 saturated carbocycles. The minimum atomic E-state index is -0.282. The molecule has 0 atom stereocenters. The summed E-state index contributed by atoms with van der Waals surface area (Å²) in [5.74, 6) is 0. The van der Waals surface area contributed by atoms with Gasteiger partial charge < -0.3 is 10.6 Å². The highest BCUT2D eigenvalue weighted by atomic mass is 35.5. The van der Waals surface area contributed by atoms with Crippen molar-refractivity contribution in [3.63, 3.8) is 0 Å². The second-order valence-electron chi connectivity index (χ2n) is 5.36. The molecule has 3 rings (SSSR count). The lowest BCUT2D eigenvalue weighted by atomic mass is 9.99. The molecule has 120 valence electrons. The minimum Gasteiger partial charge on any atom is -0.327 e. The number of halogens is 1. The van der Waals surface area contributed by atoms with E-state index in [-0.39, 0.29) is 12.1 Å². The van der Waals surface area contributed by atoms with Crippen LogP contribution in [0.2, 0.25) is 5.02 Å². The maximum Gasteiger partial charge on any atom is 0.319 e. The van der Waals surface area contributed by atoms with Crippen molar-refractivity contribution in [1.29, 1.82) is 0 Å². The van der Waals surface area contributed by atoms with Gasteiger partial charge in [0.25, 0.3) is 0 Å². The first-order chi connectivity index (χ1) is 11.7. The average Bonchev–Trinajstić information content (AvgIpc) is 2.61. The molecule has 3 aromatic rings. The lowest BCUT2D eigenvalue weighted by Crippen LogP contribution is -2.33. The van der Waals surface area contributed by atoms with E-state index in [1.54, 1.807) is 24.3 Å². The van der Waals surface area contributed by atoms with Crippen molar-refractivity contribution in [2.75, 3.05) is 5.32 Å². The van der Waals surface area contributed by atoms with Gasteiger partial charge in [-0.1, -0.05) is 78.3 Å². The number of urea groups is 1. The van der Waals surface area contributed by atoms with Crippen LogP contribution in [0.1, 0.15) is 17.2 Å². The molecule has 3 nitrogen and oxygen atoms in total. The molecule has 2 amide bonds. The Kier molecular flexibility index (Phi) is 5.14. The van der Waals surface area contributed by atoms with Gasteiger partial charge in [0.1, 0.15) is 0 Å². The Bertz CT molecular complexity index is 767. The molecule has 0 aliphatic carbocycles. The van der Waals surface area contributed by atoms with Gasteiger partial charge in [0, 0.05) is 10.7 Å². The van der Waals surface area contributed by atoms with E-state index in [4.69, 9.17) is 11.6 Å². The van der Waals surface area contributed by atoms with E-state index in [1.165, 1.54) is 0 Å². The van der Waals surface area contributed by atoms with Crippen molar-refractivity contribution in [2.45, 2.75) is 6.04 Å². The summed E-state index contributed by atoms with van der Waals surface area (Å²) in [4.78, 5) is 12.4. The second kappa shape index (κ2) is 7.66. The summed E-state index contributed by atoms with van der Waals surface area (Å²) in [6.07, 6.45) is 0. The van der Waals surface area contributed by atoms with Gasteiger partial charge in [0.15, 0.2) is 0 Å². The monoisotopic (exact) mass is 336 g/mol. The number of anilines is 1. The van der Waals surface area contributed by atoms with Gasteiger partial charge >= 0.3 is 6.03 Å². The van der Waals surface area contributed by atoms with Crippen LogP contribution in [0.5, 0.6) is 0 Å². The van der Waals surface area contributed by atoms with Crippen LogP contribution >= 0.6 is 11.6 Å². The van der Waals surface area contributed by atoms with E-state index in [1.807, 2.05) is 60.7 Å². The standard InChI is InChI=1S/C20H17ClN2O/c21-17-12-7-13-18(14-17)22-20(24)23-19(15-8-3-1-4-9-15)16-10-5-2-6-11-16/h1-14,19H,(H2,22,23,24). The van der Waals surface area contributed by atoms with E-state index in [0.717, 1.165) is 11.1 Å². The first kappa shape index (κ1) is 16.1. The number of rotatable bonds is 4. The number of nitrogens with one attached hydrogen (secondary N) is 2. The molecule has 24 heavy (non-hydrogen) atoms. The third kappa shape index (κ3) is 4.15. The Morgan fingerprint density at radius 1 is 0.792 bits per heavy atom. The quantitative estimate of drug-likeness (QED) is 0.671. The number of carbonyl (C=O) groups excluding carboxylic acids is 1. The summed E-state index contributed by atoms with van der Waals surface area (Å²) in [6.45, 7) is 0. The van der Waals surface area contributed by atoms with Crippen molar-refractivity contribution < 1.29 is 4.79 Å². The molecule has 3 aromatic carbocycles. The van der Waals surface area contributed by atoms with Gasteiger partial charge in [-0.25, -0.2) is 4.79 Å². The van der Waals surface area contributed by atoms with Crippen LogP contribution in [0.15, 0.2) is 84.9 Å². The normalized spacial score (nSPS) is 10.4. The second-order valence-corrected chi connectivity index (χ2v) is 5.80. The summed E-state index contributed by atoms with van der Waals surface area (Å²) in [6, 6.07) is 26.3. The van der Waals surface area contributed by atoms with Gasteiger partial charge in [-0.15, -0.1) is 0 Å². The lowest BCUT2D eigenvalue weighted by molar-refractivity contribution is 0.250. The highest BCUT2D eigenvalue weighted by molar-refractivity contribution is 6.30. The summed E-state index contributed by atoms with van der Waals surface area (Å²) in [7, 11) is 0. The van der Waals surface area contributed by atoms with Crippen molar-refractivity contribution in [3.05, 3.63) is 101 Å². The zero-order valence-electron chi connectivity index (χ0n) is 12.9. The molecular formula is C20H17ClN2O. The van der Waals surface area contributed by atoms with Gasteiger partial charge in [0.2, 0.25) is 0 Å². The highest BCUT2D eigenvalue weighted by Gasteiger charge is 2.16. The van der Waals surface area contributed by atoms with Crippen LogP contribution in [0, 0.1) is 0 Å². The molecule has 0 saturated heterocycles. The van der Waals surface area contributed by atoms with Crippen LogP contribution < -0.4 is 10.6 Å². The average molecular weight is 337 g/mol. The van der Waals surface area contributed by atoms with Crippen molar-refractivity contribution in [1.82, 2.24) is 5.32 Å². The van der Waals surface area contributed by atoms with Gasteiger partial charge in [-0.05, 0) is 29.3 Å². The van der Waals surface area contributed by atoms with Crippen LogP contribution in [-0.2, 0) is 0 Å². The Labute approximate surface area is 146 Å². The maximum absolute atomic E-state index is 12.4. The lowest BCUT2D eigenvalue weighted by Gasteiger charge is -2.20. The Morgan fingerprint density at radius 2 is 1.38 bits per heavy atom. The Hall–Kier alpha value is -2.78. The van der Waals surface area contributed by atoms with Crippen LogP contribution in [-0.4, -0.2) is 6.03 Å². The molecule has 0 unspecified atom stereocenters. The SMILES string of the molecule is O=C(Nc1cccc(Cl)c1)NC(c1ccccc1)c1ccccc1. The first-order valence-corrected chi connectivity index (χ1v) is 8.03. The van der Waals surface area contributed by atoms with Crippen molar-refractivity contribution in [3.8, 4) is 0 Å². The van der Waals surface area contributed by atoms with Crippen LogP contribution in [0.3, 0.4) is 0 Å². The fourth-order valence-corrected chi connectivity index (χ4v) is 2.70. The largest absolute Gasteiger partial charge is 0.327 e. The van der Waals surface area contributed by atoms with E-state index >= 15 is 0 Å². The zero-order valence-corrected chi connectivity index (χ0v) is 13.7. The van der Waals surface area contributed by atoms with E-state index in [9.17, 15) is 4.79 Å². The highest BCUT2D eigenvalue weighted by Crippen LogP contribution is 2.22. The van der Waals surface area contributed by atoms with E-state index < -0.39 is 0 Å². The van der Waals surface area contributed by atoms with E-state index in [0.29, 0.717) is 10.7 Å². The van der Waals surface area contributed by atoms with Crippen molar-refractivity contribution >= 4 is 23.3 Å². The fourth-order valence-electron chi connectivity index (χ4n) is 2.51. The summed E-state index contributed by atoms with van der Waals surface area (Å²) in [5, 5.41) is 6.42. The summed E-state index contributed by atoms with van der Waals surface area (Å²) in [5.41, 5.74) is 2.69. The number of benzene rings is 3. The topological polar surface area (TPSA) is 41.1 Å². The molecule has 0 bridgehead atoms. The fraction of sp³-hybridized carbons (Fsp3) is 0.0500. The number of amides is 2. The molecule has 0 aliphatic heterocycles. The Balaban J connectivity index is 1.80. The van der Waals surface area contributed by atoms with Gasteiger partial charge in [-0.2, -0.15) is 0 Å². The number of hydrogen-bond donors (Lipinski definition) is 2. The molecule has 4 heteroatoms. The number of carbonyl (C=O) groups is 1. The molecule has 0 spiro atoms. The molecule has 2 N–H and O–H groups in total. The molecule has 0 aromatic heterocycles. The van der Waals surface area contributed by atoms with Gasteiger partial charge in [0.05, 0.1) is 6.04 Å². The predicted octanol–water partition coefficient (Wildman–Crippen LogP) is 5.25. The summed E-state index contributed by atoms with van der Waals surface area (Å²) < 4.78 is 0.